The molecule has 1 heterocycles. The van der Waals surface area contributed by atoms with E-state index in [2.05, 4.69) is 27.6 Å². The third kappa shape index (κ3) is 2.39. The highest BCUT2D eigenvalue weighted by atomic mass is 15.3. The molecule has 0 spiro atoms. The molecule has 100 valence electrons. The average Bonchev–Trinajstić information content (AvgIpc) is 2.49. The molecule has 3 aromatic rings. The van der Waals surface area contributed by atoms with Crippen molar-refractivity contribution in [2.45, 2.75) is 6.92 Å². The van der Waals surface area contributed by atoms with Crippen molar-refractivity contribution in [2.24, 2.45) is 5.84 Å². The van der Waals surface area contributed by atoms with Crippen LogP contribution in [0.25, 0.3) is 10.9 Å². The molecule has 0 radical (unpaired) electrons. The van der Waals surface area contributed by atoms with E-state index in [4.69, 9.17) is 5.84 Å². The van der Waals surface area contributed by atoms with Crippen LogP contribution in [0.4, 0.5) is 17.5 Å². The van der Waals surface area contributed by atoms with Gasteiger partial charge < -0.3 is 5.32 Å². The Labute approximate surface area is 116 Å². The number of fused-ring (bicyclic) bond motifs is 1. The number of nitrogens with zero attached hydrogens (tertiary/aromatic N) is 2. The molecule has 0 unspecified atom stereocenters. The molecule has 0 atom stereocenters. The molecule has 3 rings (SSSR count). The number of hydrogen-bond donors (Lipinski definition) is 3. The molecule has 0 fully saturated rings. The Morgan fingerprint density at radius 2 is 1.70 bits per heavy atom. The first-order chi connectivity index (χ1) is 9.76. The summed E-state index contributed by atoms with van der Waals surface area (Å²) < 4.78 is 0. The van der Waals surface area contributed by atoms with E-state index in [1.54, 1.807) is 0 Å². The van der Waals surface area contributed by atoms with Gasteiger partial charge in [-0.15, -0.1) is 0 Å². The fourth-order valence-electron chi connectivity index (χ4n) is 2.01. The van der Waals surface area contributed by atoms with Crippen molar-refractivity contribution >= 4 is 28.4 Å². The summed E-state index contributed by atoms with van der Waals surface area (Å²) in [6, 6.07) is 15.9. The summed E-state index contributed by atoms with van der Waals surface area (Å²) in [7, 11) is 0. The predicted octanol–water partition coefficient (Wildman–Crippen LogP) is 2.97. The number of nitrogens with two attached hydrogens (primary N) is 1. The number of nitrogen functional groups attached to an aromatic ring is 1. The number of hydrogen-bond acceptors (Lipinski definition) is 5. The van der Waals surface area contributed by atoms with Gasteiger partial charge in [0.25, 0.3) is 0 Å². The van der Waals surface area contributed by atoms with Crippen LogP contribution < -0.4 is 16.6 Å². The number of aryl methyl sites for hydroxylation is 1. The van der Waals surface area contributed by atoms with E-state index in [0.29, 0.717) is 5.95 Å². The van der Waals surface area contributed by atoms with Gasteiger partial charge in [0.05, 0.1) is 5.52 Å². The summed E-state index contributed by atoms with van der Waals surface area (Å²) >= 11 is 0. The minimum Gasteiger partial charge on any atom is -0.340 e. The second-order valence-electron chi connectivity index (χ2n) is 4.55. The maximum Gasteiger partial charge on any atom is 0.239 e. The lowest BCUT2D eigenvalue weighted by Gasteiger charge is -2.10. The van der Waals surface area contributed by atoms with Crippen LogP contribution in [-0.4, -0.2) is 9.97 Å². The van der Waals surface area contributed by atoms with Gasteiger partial charge in [-0.2, -0.15) is 4.98 Å². The normalized spacial score (nSPS) is 10.5. The van der Waals surface area contributed by atoms with E-state index in [1.807, 2.05) is 48.5 Å². The van der Waals surface area contributed by atoms with Crippen LogP contribution in [-0.2, 0) is 0 Å². The average molecular weight is 265 g/mol. The first-order valence-corrected chi connectivity index (χ1v) is 6.33. The second kappa shape index (κ2) is 5.14. The summed E-state index contributed by atoms with van der Waals surface area (Å²) in [5, 5.41) is 4.25. The fraction of sp³-hybridized carbons (Fsp3) is 0.0667. The molecule has 0 amide bonds. The third-order valence-electron chi connectivity index (χ3n) is 3.05. The fourth-order valence-corrected chi connectivity index (χ4v) is 2.01. The van der Waals surface area contributed by atoms with Crippen LogP contribution in [0.3, 0.4) is 0 Å². The van der Waals surface area contributed by atoms with Gasteiger partial charge in [-0.3, -0.25) is 5.43 Å². The number of hydrazine groups is 1. The van der Waals surface area contributed by atoms with Gasteiger partial charge in [0.15, 0.2) is 0 Å². The van der Waals surface area contributed by atoms with Crippen LogP contribution in [0.1, 0.15) is 5.56 Å². The molecule has 0 aliphatic heterocycles. The number of aromatic nitrogens is 2. The monoisotopic (exact) mass is 265 g/mol. The highest BCUT2D eigenvalue weighted by Gasteiger charge is 2.06. The summed E-state index contributed by atoms with van der Waals surface area (Å²) in [4.78, 5) is 8.70. The van der Waals surface area contributed by atoms with E-state index < -0.39 is 0 Å². The van der Waals surface area contributed by atoms with Crippen molar-refractivity contribution in [3.05, 3.63) is 54.1 Å². The number of rotatable bonds is 3. The van der Waals surface area contributed by atoms with Crippen molar-refractivity contribution < 1.29 is 0 Å². The standard InChI is InChI=1S/C15H15N5/c1-10-6-8-11(9-7-10)17-14-12-4-2-3-5-13(12)18-15(19-14)20-16/h2-9H,16H2,1H3,(H2,17,18,19,20). The minimum absolute atomic E-state index is 0.387. The van der Waals surface area contributed by atoms with Gasteiger partial charge in [-0.1, -0.05) is 29.8 Å². The quantitative estimate of drug-likeness (QED) is 0.501. The summed E-state index contributed by atoms with van der Waals surface area (Å²) in [6.45, 7) is 2.06. The van der Waals surface area contributed by atoms with Gasteiger partial charge in [0.1, 0.15) is 5.82 Å². The molecule has 1 aromatic heterocycles. The highest BCUT2D eigenvalue weighted by molar-refractivity contribution is 5.91. The molecule has 5 nitrogen and oxygen atoms in total. The predicted molar refractivity (Wildman–Crippen MR) is 81.8 cm³/mol. The zero-order valence-corrected chi connectivity index (χ0v) is 11.1. The highest BCUT2D eigenvalue weighted by Crippen LogP contribution is 2.24. The van der Waals surface area contributed by atoms with Crippen molar-refractivity contribution in [2.75, 3.05) is 10.7 Å². The van der Waals surface area contributed by atoms with Crippen molar-refractivity contribution in [1.82, 2.24) is 9.97 Å². The van der Waals surface area contributed by atoms with Crippen molar-refractivity contribution in [1.29, 1.82) is 0 Å². The lowest BCUT2D eigenvalue weighted by atomic mass is 10.2. The van der Waals surface area contributed by atoms with Crippen LogP contribution in [0.2, 0.25) is 0 Å². The van der Waals surface area contributed by atoms with Crippen LogP contribution in [0, 0.1) is 6.92 Å². The maximum atomic E-state index is 5.42. The van der Waals surface area contributed by atoms with Gasteiger partial charge in [-0.25, -0.2) is 10.8 Å². The molecule has 0 bridgehead atoms. The second-order valence-corrected chi connectivity index (χ2v) is 4.55. The summed E-state index contributed by atoms with van der Waals surface area (Å²) in [5.74, 6) is 6.54. The molecule has 0 saturated carbocycles. The Balaban J connectivity index is 2.07. The molecule has 20 heavy (non-hydrogen) atoms. The number of benzene rings is 2. The maximum absolute atomic E-state index is 5.42. The first-order valence-electron chi connectivity index (χ1n) is 6.33. The smallest absolute Gasteiger partial charge is 0.239 e. The lowest BCUT2D eigenvalue weighted by Crippen LogP contribution is -2.11. The largest absolute Gasteiger partial charge is 0.340 e. The van der Waals surface area contributed by atoms with Crippen LogP contribution in [0.5, 0.6) is 0 Å². The Morgan fingerprint density at radius 1 is 0.950 bits per heavy atom. The van der Waals surface area contributed by atoms with Crippen molar-refractivity contribution in [3.8, 4) is 0 Å². The van der Waals surface area contributed by atoms with Crippen LogP contribution >= 0.6 is 0 Å². The SMILES string of the molecule is Cc1ccc(Nc2nc(NN)nc3ccccc23)cc1. The van der Waals surface area contributed by atoms with Crippen LogP contribution in [0.15, 0.2) is 48.5 Å². The number of para-hydroxylation sites is 1. The van der Waals surface area contributed by atoms with E-state index >= 15 is 0 Å². The van der Waals surface area contributed by atoms with E-state index in [9.17, 15) is 0 Å². The Hall–Kier alpha value is -2.66. The Morgan fingerprint density at radius 3 is 2.45 bits per heavy atom. The third-order valence-corrected chi connectivity index (χ3v) is 3.05. The van der Waals surface area contributed by atoms with E-state index in [0.717, 1.165) is 22.4 Å². The van der Waals surface area contributed by atoms with Crippen molar-refractivity contribution in [3.63, 3.8) is 0 Å². The zero-order chi connectivity index (χ0) is 13.9. The van der Waals surface area contributed by atoms with E-state index in [-0.39, 0.29) is 0 Å². The Bertz CT molecular complexity index is 737. The van der Waals surface area contributed by atoms with E-state index in [1.165, 1.54) is 5.56 Å². The molecule has 5 heteroatoms. The topological polar surface area (TPSA) is 75.9 Å². The van der Waals surface area contributed by atoms with Gasteiger partial charge in [0.2, 0.25) is 5.95 Å². The molecular weight excluding hydrogens is 250 g/mol. The van der Waals surface area contributed by atoms with Gasteiger partial charge in [0, 0.05) is 11.1 Å². The Kier molecular flexibility index (Phi) is 3.18. The summed E-state index contributed by atoms with van der Waals surface area (Å²) in [5.41, 5.74) is 5.52. The van der Waals surface area contributed by atoms with Gasteiger partial charge >= 0.3 is 0 Å². The molecule has 0 aliphatic carbocycles. The molecule has 2 aromatic carbocycles. The molecule has 0 saturated heterocycles. The first kappa shape index (κ1) is 12.4. The van der Waals surface area contributed by atoms with Gasteiger partial charge in [-0.05, 0) is 31.2 Å². The molecule has 4 N–H and O–H groups in total. The lowest BCUT2D eigenvalue weighted by molar-refractivity contribution is 1.15. The minimum atomic E-state index is 0.387. The zero-order valence-electron chi connectivity index (χ0n) is 11.1. The number of nitrogens with one attached hydrogen (secondary N) is 2. The molecule has 0 aliphatic rings. The summed E-state index contributed by atoms with van der Waals surface area (Å²) in [6.07, 6.45) is 0. The molecular formula is C15H15N5. The number of anilines is 3.